The van der Waals surface area contributed by atoms with Crippen LogP contribution in [0.15, 0.2) is 60.8 Å². The smallest absolute Gasteiger partial charge is 0.139 e. The minimum atomic E-state index is -0.666. The summed E-state index contributed by atoms with van der Waals surface area (Å²) in [7, 11) is 0.868. The predicted molar refractivity (Wildman–Crippen MR) is 151 cm³/mol. The van der Waals surface area contributed by atoms with Gasteiger partial charge in [0.1, 0.15) is 11.8 Å². The van der Waals surface area contributed by atoms with E-state index in [0.29, 0.717) is 32.7 Å². The van der Waals surface area contributed by atoms with Gasteiger partial charge in [0, 0.05) is 59.6 Å². The minimum Gasteiger partial charge on any atom is -0.495 e. The molecule has 0 spiro atoms. The number of ether oxygens (including phenoxy) is 1. The average Bonchev–Trinajstić information content (AvgIpc) is 2.91. The van der Waals surface area contributed by atoms with Gasteiger partial charge in [-0.25, -0.2) is 0 Å². The normalized spacial score (nSPS) is 14.4. The number of hydrogen-bond acceptors (Lipinski definition) is 6. The Balaban J connectivity index is 1.43. The minimum absolute atomic E-state index is 0.399. The molecule has 188 valence electrons. The van der Waals surface area contributed by atoms with Crippen LogP contribution < -0.4 is 10.1 Å². The van der Waals surface area contributed by atoms with E-state index in [1.165, 1.54) is 12.7 Å². The molecule has 0 saturated carbocycles. The highest BCUT2D eigenvalue weighted by Gasteiger charge is 2.16. The number of pyridine rings is 1. The third-order valence-electron chi connectivity index (χ3n) is 6.45. The number of hydrogen-bond donors (Lipinski definition) is 1. The van der Waals surface area contributed by atoms with Crippen molar-refractivity contribution in [3.8, 4) is 22.9 Å². The fourth-order valence-electron chi connectivity index (χ4n) is 4.40. The number of nitrogens with zero attached hydrogens (tertiary/aromatic N) is 3. The van der Waals surface area contributed by atoms with E-state index in [-0.39, 0.29) is 0 Å². The Morgan fingerprint density at radius 3 is 2.49 bits per heavy atom. The van der Waals surface area contributed by atoms with Crippen LogP contribution in [0.25, 0.3) is 22.0 Å². The lowest BCUT2D eigenvalue weighted by molar-refractivity contribution is 0.291. The van der Waals surface area contributed by atoms with Gasteiger partial charge in [0.15, 0.2) is 0 Å². The van der Waals surface area contributed by atoms with Crippen LogP contribution >= 0.6 is 23.2 Å². The molecule has 6 nitrogen and oxygen atoms in total. The number of rotatable bonds is 6. The number of aromatic nitrogens is 1. The molecule has 0 amide bonds. The molecule has 0 atom stereocenters. The lowest BCUT2D eigenvalue weighted by Crippen LogP contribution is -2.37. The number of anilines is 2. The van der Waals surface area contributed by atoms with Crippen LogP contribution in [-0.2, 0) is 17.3 Å². The molecule has 1 saturated heterocycles. The highest BCUT2D eigenvalue weighted by Crippen LogP contribution is 2.38. The first kappa shape index (κ1) is 25.5. The van der Waals surface area contributed by atoms with Crippen molar-refractivity contribution >= 4 is 56.3 Å². The van der Waals surface area contributed by atoms with Gasteiger partial charge in [-0.3, -0.25) is 14.1 Å². The summed E-state index contributed by atoms with van der Waals surface area (Å²) >= 11 is 12.6. The molecular formula is C28H24Cl2N4O2S. The monoisotopic (exact) mass is 550 g/mol. The van der Waals surface area contributed by atoms with Gasteiger partial charge in [-0.15, -0.1) is 0 Å². The highest BCUT2D eigenvalue weighted by atomic mass is 35.5. The van der Waals surface area contributed by atoms with Crippen molar-refractivity contribution in [3.63, 3.8) is 0 Å². The molecule has 9 heteroatoms. The van der Waals surface area contributed by atoms with Gasteiger partial charge in [0.25, 0.3) is 0 Å². The van der Waals surface area contributed by atoms with Crippen LogP contribution in [-0.4, -0.2) is 45.8 Å². The molecule has 1 aliphatic heterocycles. The Kier molecular flexibility index (Phi) is 7.63. The Morgan fingerprint density at radius 1 is 1.05 bits per heavy atom. The second-order valence-electron chi connectivity index (χ2n) is 8.80. The third kappa shape index (κ3) is 5.58. The third-order valence-corrected chi connectivity index (χ3v) is 8.34. The van der Waals surface area contributed by atoms with E-state index in [2.05, 4.69) is 45.5 Å². The van der Waals surface area contributed by atoms with Gasteiger partial charge < -0.3 is 10.1 Å². The zero-order valence-electron chi connectivity index (χ0n) is 20.1. The predicted octanol–water partition coefficient (Wildman–Crippen LogP) is 6.40. The lowest BCUT2D eigenvalue weighted by atomic mass is 10.0. The molecular weight excluding hydrogens is 527 g/mol. The number of halogens is 2. The van der Waals surface area contributed by atoms with Crippen LogP contribution in [0, 0.1) is 11.3 Å². The van der Waals surface area contributed by atoms with Crippen molar-refractivity contribution in [3.05, 3.63) is 82.0 Å². The van der Waals surface area contributed by atoms with E-state index in [1.54, 1.807) is 18.3 Å². The standard InChI is InChI=1S/C28H24Cl2N4O2S/c1-36-27-14-26(23(29)13-24(27)30)33-28-21(15-31)16-32-25-12-20(6-7-22(25)28)19-4-2-18(3-5-19)17-34-8-10-37(35)11-9-34/h2-7,12-14,16H,8-11,17H2,1H3,(H,32,33). The van der Waals surface area contributed by atoms with Crippen LogP contribution in [0.1, 0.15) is 11.1 Å². The summed E-state index contributed by atoms with van der Waals surface area (Å²) in [5.74, 6) is 1.99. The lowest BCUT2D eigenvalue weighted by Gasteiger charge is -2.26. The molecule has 2 heterocycles. The maximum atomic E-state index is 11.6. The Hall–Kier alpha value is -3.15. The molecule has 5 rings (SSSR count). The summed E-state index contributed by atoms with van der Waals surface area (Å²) in [6.45, 7) is 2.61. The number of nitrogens with one attached hydrogen (secondary N) is 1. The van der Waals surface area contributed by atoms with E-state index in [0.717, 1.165) is 53.2 Å². The zero-order chi connectivity index (χ0) is 25.9. The number of nitriles is 1. The molecule has 1 N–H and O–H groups in total. The SMILES string of the molecule is COc1cc(Nc2c(C#N)cnc3cc(-c4ccc(CN5CCS(=O)CC5)cc4)ccc23)c(Cl)cc1Cl. The summed E-state index contributed by atoms with van der Waals surface area (Å²) in [5.41, 5.74) is 5.68. The summed E-state index contributed by atoms with van der Waals surface area (Å²) in [5, 5.41) is 14.6. The van der Waals surface area contributed by atoms with Gasteiger partial charge in [-0.1, -0.05) is 59.6 Å². The van der Waals surface area contributed by atoms with Gasteiger partial charge in [0.05, 0.1) is 39.6 Å². The number of fused-ring (bicyclic) bond motifs is 1. The largest absolute Gasteiger partial charge is 0.495 e. The summed E-state index contributed by atoms with van der Waals surface area (Å²) in [4.78, 5) is 6.89. The summed E-state index contributed by atoms with van der Waals surface area (Å²) in [6.07, 6.45) is 1.56. The van der Waals surface area contributed by atoms with Crippen LogP contribution in [0.2, 0.25) is 10.0 Å². The van der Waals surface area contributed by atoms with Gasteiger partial charge in [-0.2, -0.15) is 5.26 Å². The zero-order valence-corrected chi connectivity index (χ0v) is 22.5. The van der Waals surface area contributed by atoms with E-state index in [4.69, 9.17) is 27.9 Å². The molecule has 1 aromatic heterocycles. The van der Waals surface area contributed by atoms with Crippen molar-refractivity contribution < 1.29 is 8.95 Å². The first-order valence-corrected chi connectivity index (χ1v) is 14.0. The fourth-order valence-corrected chi connectivity index (χ4v) is 6.04. The number of benzene rings is 3. The topological polar surface area (TPSA) is 78.2 Å². The van der Waals surface area contributed by atoms with E-state index in [1.807, 2.05) is 18.2 Å². The van der Waals surface area contributed by atoms with Gasteiger partial charge >= 0.3 is 0 Å². The fraction of sp³-hybridized carbons (Fsp3) is 0.214. The quantitative estimate of drug-likeness (QED) is 0.299. The van der Waals surface area contributed by atoms with E-state index < -0.39 is 10.8 Å². The molecule has 0 unspecified atom stereocenters. The van der Waals surface area contributed by atoms with Gasteiger partial charge in [0.2, 0.25) is 0 Å². The maximum Gasteiger partial charge on any atom is 0.139 e. The van der Waals surface area contributed by atoms with Crippen molar-refractivity contribution in [2.45, 2.75) is 6.54 Å². The summed E-state index contributed by atoms with van der Waals surface area (Å²) in [6, 6.07) is 20.0. The Labute approximate surface area is 228 Å². The molecule has 37 heavy (non-hydrogen) atoms. The first-order valence-electron chi connectivity index (χ1n) is 11.7. The van der Waals surface area contributed by atoms with Crippen molar-refractivity contribution in [1.29, 1.82) is 5.26 Å². The second kappa shape index (κ2) is 11.1. The van der Waals surface area contributed by atoms with Crippen LogP contribution in [0.5, 0.6) is 5.75 Å². The molecule has 0 aliphatic carbocycles. The Bertz CT molecular complexity index is 1530. The Morgan fingerprint density at radius 2 is 1.78 bits per heavy atom. The second-order valence-corrected chi connectivity index (χ2v) is 11.3. The van der Waals surface area contributed by atoms with Gasteiger partial charge in [-0.05, 0) is 28.8 Å². The molecule has 0 bridgehead atoms. The number of methoxy groups -OCH3 is 1. The van der Waals surface area contributed by atoms with Crippen molar-refractivity contribution in [1.82, 2.24) is 9.88 Å². The van der Waals surface area contributed by atoms with Crippen molar-refractivity contribution in [2.75, 3.05) is 37.0 Å². The first-order chi connectivity index (χ1) is 17.9. The van der Waals surface area contributed by atoms with E-state index >= 15 is 0 Å². The average molecular weight is 551 g/mol. The molecule has 1 aliphatic rings. The van der Waals surface area contributed by atoms with E-state index in [9.17, 15) is 9.47 Å². The van der Waals surface area contributed by atoms with Crippen molar-refractivity contribution in [2.24, 2.45) is 0 Å². The molecule has 1 fully saturated rings. The molecule has 0 radical (unpaired) electrons. The van der Waals surface area contributed by atoms with Crippen LogP contribution in [0.4, 0.5) is 11.4 Å². The molecule has 3 aromatic carbocycles. The highest BCUT2D eigenvalue weighted by molar-refractivity contribution is 7.85. The van der Waals surface area contributed by atoms with Crippen LogP contribution in [0.3, 0.4) is 0 Å². The molecule has 4 aromatic rings. The maximum absolute atomic E-state index is 11.6. The summed E-state index contributed by atoms with van der Waals surface area (Å²) < 4.78 is 16.9.